The fourth-order valence-electron chi connectivity index (χ4n) is 6.04. The van der Waals surface area contributed by atoms with E-state index in [0.717, 1.165) is 41.8 Å². The Bertz CT molecular complexity index is 1610. The number of rotatable bonds is 11. The van der Waals surface area contributed by atoms with Crippen molar-refractivity contribution < 1.29 is 36.3 Å². The van der Waals surface area contributed by atoms with Crippen molar-refractivity contribution in [3.63, 3.8) is 0 Å². The molecule has 0 amide bonds. The molecule has 1 aromatic heterocycles. The highest BCUT2D eigenvalue weighted by Crippen LogP contribution is 2.48. The number of benzene rings is 2. The molecule has 0 unspecified atom stereocenters. The summed E-state index contributed by atoms with van der Waals surface area (Å²) in [6.45, 7) is 1.31. The number of furan rings is 1. The second-order valence-corrected chi connectivity index (χ2v) is 13.1. The molecule has 2 fully saturated rings. The fraction of sp³-hybridized carbons (Fsp3) is 0.452. The minimum atomic E-state index is -3.92. The van der Waals surface area contributed by atoms with Gasteiger partial charge in [0.25, 0.3) is 0 Å². The molecule has 2 aliphatic carbocycles. The van der Waals surface area contributed by atoms with Gasteiger partial charge >= 0.3 is 5.97 Å². The zero-order valence-corrected chi connectivity index (χ0v) is 24.3. The number of carbonyl (C=O) groups is 3. The quantitative estimate of drug-likeness (QED) is 0.196. The van der Waals surface area contributed by atoms with Crippen LogP contribution in [0.2, 0.25) is 0 Å². The number of carbonyl (C=O) groups excluding carboxylic acids is 3. The van der Waals surface area contributed by atoms with E-state index < -0.39 is 33.8 Å². The normalized spacial score (nSPS) is 16.6. The fourth-order valence-corrected chi connectivity index (χ4v) is 6.93. The van der Waals surface area contributed by atoms with Crippen LogP contribution >= 0.6 is 0 Å². The van der Waals surface area contributed by atoms with Gasteiger partial charge in [0.15, 0.2) is 11.6 Å². The van der Waals surface area contributed by atoms with Crippen molar-refractivity contribution in [2.45, 2.75) is 64.2 Å². The maximum absolute atomic E-state index is 13.6. The van der Waals surface area contributed by atoms with Crippen molar-refractivity contribution >= 4 is 44.2 Å². The van der Waals surface area contributed by atoms with Crippen molar-refractivity contribution in [2.75, 3.05) is 24.2 Å². The first kappa shape index (κ1) is 29.0. The Balaban J connectivity index is 1.60. The number of sulfonamides is 1. The molecule has 218 valence electrons. The predicted octanol–water partition coefficient (Wildman–Crippen LogP) is 6.17. The van der Waals surface area contributed by atoms with Gasteiger partial charge in [0.05, 0.1) is 36.6 Å². The van der Waals surface area contributed by atoms with Crippen LogP contribution in [-0.4, -0.2) is 45.9 Å². The molecule has 41 heavy (non-hydrogen) atoms. The molecule has 10 heteroatoms. The van der Waals surface area contributed by atoms with Gasteiger partial charge in [0.2, 0.25) is 10.0 Å². The Labute approximate surface area is 238 Å². The summed E-state index contributed by atoms with van der Waals surface area (Å²) in [5.41, 5.74) is 1.29. The highest BCUT2D eigenvalue weighted by atomic mass is 32.2. The molecule has 0 atom stereocenters. The van der Waals surface area contributed by atoms with Gasteiger partial charge in [0.1, 0.15) is 17.2 Å². The largest absolute Gasteiger partial charge is 0.469 e. The number of ketones is 2. The summed E-state index contributed by atoms with van der Waals surface area (Å²) in [5, 5.41) is 0.553. The van der Waals surface area contributed by atoms with Gasteiger partial charge < -0.3 is 9.15 Å². The van der Waals surface area contributed by atoms with Gasteiger partial charge in [-0.25, -0.2) is 12.8 Å². The second-order valence-electron chi connectivity index (χ2n) is 11.2. The molecule has 8 nitrogen and oxygen atoms in total. The highest BCUT2D eigenvalue weighted by Gasteiger charge is 2.44. The first-order valence-corrected chi connectivity index (χ1v) is 15.8. The van der Waals surface area contributed by atoms with Gasteiger partial charge in [-0.15, -0.1) is 0 Å². The summed E-state index contributed by atoms with van der Waals surface area (Å²) in [5.74, 6) is -1.04. The van der Waals surface area contributed by atoms with E-state index >= 15 is 0 Å². The molecule has 0 saturated heterocycles. The van der Waals surface area contributed by atoms with Crippen LogP contribution in [0.1, 0.15) is 80.1 Å². The van der Waals surface area contributed by atoms with E-state index in [1.165, 1.54) is 31.4 Å². The monoisotopic (exact) mass is 583 g/mol. The lowest BCUT2D eigenvalue weighted by Gasteiger charge is -2.28. The summed E-state index contributed by atoms with van der Waals surface area (Å²) >= 11 is 0. The third-order valence-corrected chi connectivity index (χ3v) is 9.39. The molecule has 0 bridgehead atoms. The molecular weight excluding hydrogens is 549 g/mol. The molecule has 0 aliphatic heterocycles. The Hall–Kier alpha value is -3.53. The average molecular weight is 584 g/mol. The van der Waals surface area contributed by atoms with Gasteiger partial charge in [0, 0.05) is 29.9 Å². The van der Waals surface area contributed by atoms with Crippen LogP contribution in [0.3, 0.4) is 0 Å². The third kappa shape index (κ3) is 5.66. The number of esters is 1. The lowest BCUT2D eigenvalue weighted by Crippen LogP contribution is -2.39. The molecule has 3 aromatic rings. The molecule has 0 radical (unpaired) electrons. The Morgan fingerprint density at radius 1 is 1.10 bits per heavy atom. The number of Topliss-reactive ketones (excluding diaryl/α,β-unsaturated/α-hetero) is 2. The van der Waals surface area contributed by atoms with E-state index in [1.54, 1.807) is 19.1 Å². The summed E-state index contributed by atoms with van der Waals surface area (Å²) < 4.78 is 52.2. The van der Waals surface area contributed by atoms with Gasteiger partial charge in [-0.05, 0) is 67.5 Å². The predicted molar refractivity (Wildman–Crippen MR) is 153 cm³/mol. The van der Waals surface area contributed by atoms with E-state index in [1.807, 2.05) is 0 Å². The summed E-state index contributed by atoms with van der Waals surface area (Å²) in [6.07, 6.45) is 5.50. The van der Waals surface area contributed by atoms with Crippen LogP contribution in [0.15, 0.2) is 40.8 Å². The number of fused-ring (bicyclic) bond motifs is 1. The SMILES string of the molecule is CCC(=O)c1c(-c2ccc(F)cc2)oc2cc(N(CC(=O)CC3(C(=O)OC)CCCC3)S(C)(=O)=O)c(C3CC3)cc12. The second kappa shape index (κ2) is 11.0. The number of hydrogen-bond acceptors (Lipinski definition) is 7. The smallest absolute Gasteiger partial charge is 0.312 e. The number of anilines is 1. The number of methoxy groups -OCH3 is 1. The van der Waals surface area contributed by atoms with E-state index in [-0.39, 0.29) is 36.1 Å². The van der Waals surface area contributed by atoms with E-state index in [9.17, 15) is 27.2 Å². The van der Waals surface area contributed by atoms with Crippen molar-refractivity contribution in [1.29, 1.82) is 0 Å². The molecule has 0 spiro atoms. The topological polar surface area (TPSA) is 111 Å². The van der Waals surface area contributed by atoms with Crippen molar-refractivity contribution in [3.05, 3.63) is 53.3 Å². The molecule has 5 rings (SSSR count). The first-order valence-electron chi connectivity index (χ1n) is 13.9. The van der Waals surface area contributed by atoms with E-state index in [4.69, 9.17) is 9.15 Å². The lowest BCUT2D eigenvalue weighted by atomic mass is 9.81. The Morgan fingerprint density at radius 2 is 1.76 bits per heavy atom. The summed E-state index contributed by atoms with van der Waals surface area (Å²) in [7, 11) is -2.62. The number of halogens is 1. The van der Waals surface area contributed by atoms with E-state index in [0.29, 0.717) is 40.6 Å². The van der Waals surface area contributed by atoms with Crippen LogP contribution in [0.4, 0.5) is 10.1 Å². The van der Waals surface area contributed by atoms with Crippen LogP contribution < -0.4 is 4.31 Å². The summed E-state index contributed by atoms with van der Waals surface area (Å²) in [6, 6.07) is 9.02. The molecule has 0 N–H and O–H groups in total. The lowest BCUT2D eigenvalue weighted by molar-refractivity contribution is -0.154. The molecular formula is C31H34FNO7S. The molecule has 2 saturated carbocycles. The molecule has 1 heterocycles. The standard InChI is InChI=1S/C31H34FNO7S/c1-4-26(35)28-24-15-23(19-7-8-19)25(16-27(24)40-29(28)20-9-11-21(32)12-10-20)33(41(3,37)38)18-22(34)17-31(30(36)39-2)13-5-6-14-31/h9-12,15-16,19H,4-8,13-14,17-18H2,1-3H3. The van der Waals surface area contributed by atoms with Gasteiger partial charge in [-0.3, -0.25) is 18.7 Å². The summed E-state index contributed by atoms with van der Waals surface area (Å²) in [4.78, 5) is 39.1. The number of nitrogens with zero attached hydrogens (tertiary/aromatic N) is 1. The zero-order valence-electron chi connectivity index (χ0n) is 23.5. The van der Waals surface area contributed by atoms with Crippen LogP contribution in [0.5, 0.6) is 0 Å². The average Bonchev–Trinajstić information content (AvgIpc) is 3.56. The number of ether oxygens (including phenoxy) is 1. The number of hydrogen-bond donors (Lipinski definition) is 0. The van der Waals surface area contributed by atoms with Gasteiger partial charge in [-0.1, -0.05) is 19.8 Å². The van der Waals surface area contributed by atoms with Crippen LogP contribution in [0, 0.1) is 11.2 Å². The van der Waals surface area contributed by atoms with E-state index in [2.05, 4.69) is 0 Å². The Kier molecular flexibility index (Phi) is 7.80. The van der Waals surface area contributed by atoms with Crippen molar-refractivity contribution in [1.82, 2.24) is 0 Å². The first-order chi connectivity index (χ1) is 19.5. The molecule has 2 aromatic carbocycles. The van der Waals surface area contributed by atoms with Crippen LogP contribution in [0.25, 0.3) is 22.3 Å². The minimum absolute atomic E-state index is 0.0683. The maximum atomic E-state index is 13.6. The molecule has 2 aliphatic rings. The third-order valence-electron chi connectivity index (χ3n) is 8.26. The van der Waals surface area contributed by atoms with Crippen molar-refractivity contribution in [3.8, 4) is 11.3 Å². The minimum Gasteiger partial charge on any atom is -0.469 e. The van der Waals surface area contributed by atoms with Crippen molar-refractivity contribution in [2.24, 2.45) is 5.41 Å². The zero-order chi connectivity index (χ0) is 29.5. The highest BCUT2D eigenvalue weighted by molar-refractivity contribution is 7.92. The van der Waals surface area contributed by atoms with Crippen LogP contribution in [-0.2, 0) is 24.3 Å². The Morgan fingerprint density at radius 3 is 2.32 bits per heavy atom. The maximum Gasteiger partial charge on any atom is 0.312 e. The van der Waals surface area contributed by atoms with Gasteiger partial charge in [-0.2, -0.15) is 0 Å².